The minimum Gasteiger partial charge on any atom is -0.486 e. The van der Waals surface area contributed by atoms with Crippen molar-refractivity contribution in [3.8, 4) is 11.5 Å². The number of thiocarbonyl (C=S) groups is 1. The van der Waals surface area contributed by atoms with Gasteiger partial charge in [0.15, 0.2) is 16.6 Å². The summed E-state index contributed by atoms with van der Waals surface area (Å²) in [4.78, 5) is 29.5. The normalized spacial score (nSPS) is 19.5. The van der Waals surface area contributed by atoms with Gasteiger partial charge in [-0.1, -0.05) is 24.3 Å². The first kappa shape index (κ1) is 30.2. The number of hydrogen-bond acceptors (Lipinski definition) is 7. The van der Waals surface area contributed by atoms with Crippen molar-refractivity contribution in [2.24, 2.45) is 5.92 Å². The molecule has 1 aromatic heterocycles. The van der Waals surface area contributed by atoms with Gasteiger partial charge in [0.25, 0.3) is 11.5 Å². The van der Waals surface area contributed by atoms with E-state index in [2.05, 4.69) is 33.0 Å². The number of amides is 1. The Kier molecular flexibility index (Phi) is 8.59. The van der Waals surface area contributed by atoms with Crippen molar-refractivity contribution >= 4 is 52.1 Å². The lowest BCUT2D eigenvalue weighted by molar-refractivity contribution is 0.0789. The second-order valence-electron chi connectivity index (χ2n) is 11.9. The molecule has 2 bridgehead atoms. The van der Waals surface area contributed by atoms with Gasteiger partial charge in [-0.3, -0.25) is 9.59 Å². The van der Waals surface area contributed by atoms with E-state index in [1.165, 1.54) is 0 Å². The van der Waals surface area contributed by atoms with Crippen LogP contribution in [-0.2, 0) is 6.54 Å². The largest absolute Gasteiger partial charge is 0.486 e. The number of carbonyl (C=O) groups is 1. The van der Waals surface area contributed by atoms with Crippen LogP contribution < -0.4 is 35.9 Å². The summed E-state index contributed by atoms with van der Waals surface area (Å²) in [5.74, 6) is 1.74. The third kappa shape index (κ3) is 6.43. The third-order valence-corrected chi connectivity index (χ3v) is 9.64. The molecule has 0 unspecified atom stereocenters. The maximum Gasteiger partial charge on any atom is 0.251 e. The van der Waals surface area contributed by atoms with E-state index in [1.807, 2.05) is 77.6 Å². The smallest absolute Gasteiger partial charge is 0.251 e. The van der Waals surface area contributed by atoms with Gasteiger partial charge in [0.05, 0.1) is 17.9 Å². The molecule has 1 saturated heterocycles. The molecule has 9 nitrogen and oxygen atoms in total. The molecule has 3 aliphatic heterocycles. The molecule has 1 fully saturated rings. The number of hydrogen-bond donors (Lipinski definition) is 3. The Hall–Kier alpha value is -4.48. The van der Waals surface area contributed by atoms with Gasteiger partial charge >= 0.3 is 0 Å². The molecule has 3 aliphatic rings. The molecule has 7 rings (SSSR count). The second-order valence-corrected chi connectivity index (χ2v) is 13.1. The number of nitrogens with one attached hydrogen (secondary N) is 3. The number of thioether (sulfide) groups is 1. The minimum atomic E-state index is -0.298. The molecular formula is C35H35N5O4S2. The fourth-order valence-corrected chi connectivity index (χ4v) is 7.29. The Balaban J connectivity index is 1.11. The number of benzene rings is 3. The van der Waals surface area contributed by atoms with E-state index in [-0.39, 0.29) is 23.5 Å². The van der Waals surface area contributed by atoms with Crippen LogP contribution in [0.25, 0.3) is 0 Å². The first-order valence-corrected chi connectivity index (χ1v) is 17.0. The lowest BCUT2D eigenvalue weighted by atomic mass is 9.83. The first-order chi connectivity index (χ1) is 22.4. The third-order valence-electron chi connectivity index (χ3n) is 8.71. The minimum absolute atomic E-state index is 0.0646. The topological polar surface area (TPSA) is 96.9 Å². The van der Waals surface area contributed by atoms with Gasteiger partial charge in [-0.05, 0) is 85.4 Å². The average Bonchev–Trinajstić information content (AvgIpc) is 3.07. The van der Waals surface area contributed by atoms with Gasteiger partial charge in [0.2, 0.25) is 0 Å². The average molecular weight is 654 g/mol. The number of nitrogens with zero attached hydrogens (tertiary/aromatic N) is 2. The van der Waals surface area contributed by atoms with Gasteiger partial charge in [0, 0.05) is 53.5 Å². The number of para-hydroxylation sites is 2. The summed E-state index contributed by atoms with van der Waals surface area (Å²) in [6.07, 6.45) is 2.78. The predicted octanol–water partition coefficient (Wildman–Crippen LogP) is 5.57. The number of anilines is 3. The van der Waals surface area contributed by atoms with E-state index in [1.54, 1.807) is 17.8 Å². The molecule has 4 heterocycles. The molecule has 46 heavy (non-hydrogen) atoms. The molecule has 3 N–H and O–H groups in total. The van der Waals surface area contributed by atoms with Crippen molar-refractivity contribution in [2.75, 3.05) is 48.0 Å². The highest BCUT2D eigenvalue weighted by Crippen LogP contribution is 2.39. The fourth-order valence-electron chi connectivity index (χ4n) is 6.60. The van der Waals surface area contributed by atoms with Crippen LogP contribution in [0.4, 0.5) is 17.1 Å². The summed E-state index contributed by atoms with van der Waals surface area (Å²) in [5.41, 5.74) is 4.23. The van der Waals surface area contributed by atoms with Gasteiger partial charge in [-0.25, -0.2) is 0 Å². The van der Waals surface area contributed by atoms with E-state index >= 15 is 0 Å². The zero-order valence-electron chi connectivity index (χ0n) is 25.4. The molecule has 236 valence electrons. The Labute approximate surface area is 277 Å². The van der Waals surface area contributed by atoms with Crippen molar-refractivity contribution in [3.05, 3.63) is 107 Å². The number of fused-ring (bicyclic) bond motifs is 5. The van der Waals surface area contributed by atoms with Gasteiger partial charge < -0.3 is 34.9 Å². The van der Waals surface area contributed by atoms with Crippen molar-refractivity contribution in [1.29, 1.82) is 0 Å². The van der Waals surface area contributed by atoms with Gasteiger partial charge in [0.1, 0.15) is 12.7 Å². The number of rotatable bonds is 7. The predicted molar refractivity (Wildman–Crippen MR) is 187 cm³/mol. The Morgan fingerprint density at radius 2 is 1.80 bits per heavy atom. The van der Waals surface area contributed by atoms with Crippen molar-refractivity contribution < 1.29 is 14.3 Å². The Bertz CT molecular complexity index is 1850. The molecule has 0 radical (unpaired) electrons. The quantitative estimate of drug-likeness (QED) is 0.175. The standard InChI is InChI=1S/C35H35N5O4S2/c1-46-27-7-4-6-25(16-27)37-35(45)38-28-15-23(34(42)36-17-26-21-43-31-9-2-3-10-32(31)44-26)12-13-30(28)39-18-22-14-24(20-39)29-8-5-11-33(41)40(29)19-22/h2-13,15-16,22,24,26H,14,17-21H2,1H3,(H,36,42)(H2,37,38,45)/t22-,24+,26-/m1/s1. The lowest BCUT2D eigenvalue weighted by Crippen LogP contribution is -2.47. The highest BCUT2D eigenvalue weighted by Gasteiger charge is 2.35. The van der Waals surface area contributed by atoms with Crippen LogP contribution in [0.15, 0.2) is 94.6 Å². The maximum atomic E-state index is 13.4. The highest BCUT2D eigenvalue weighted by atomic mass is 32.2. The Morgan fingerprint density at radius 3 is 2.67 bits per heavy atom. The summed E-state index contributed by atoms with van der Waals surface area (Å²) >= 11 is 7.43. The number of ether oxygens (including phenoxy) is 2. The van der Waals surface area contributed by atoms with E-state index in [9.17, 15) is 9.59 Å². The van der Waals surface area contributed by atoms with Gasteiger partial charge in [-0.2, -0.15) is 0 Å². The lowest BCUT2D eigenvalue weighted by Gasteiger charge is -2.44. The second kappa shape index (κ2) is 13.1. The van der Waals surface area contributed by atoms with E-state index < -0.39 is 0 Å². The molecule has 4 aromatic rings. The van der Waals surface area contributed by atoms with Crippen LogP contribution in [-0.4, -0.2) is 54.2 Å². The molecule has 3 aromatic carbocycles. The zero-order chi connectivity index (χ0) is 31.6. The van der Waals surface area contributed by atoms with Crippen LogP contribution in [0.1, 0.15) is 28.4 Å². The number of piperidine rings is 1. The Morgan fingerprint density at radius 1 is 0.957 bits per heavy atom. The summed E-state index contributed by atoms with van der Waals surface area (Å²) in [7, 11) is 0. The summed E-state index contributed by atoms with van der Waals surface area (Å²) < 4.78 is 13.8. The number of aromatic nitrogens is 1. The molecular weight excluding hydrogens is 619 g/mol. The van der Waals surface area contributed by atoms with Crippen LogP contribution in [0, 0.1) is 5.92 Å². The van der Waals surface area contributed by atoms with E-state index in [4.69, 9.17) is 21.7 Å². The van der Waals surface area contributed by atoms with Crippen LogP contribution in [0.2, 0.25) is 0 Å². The van der Waals surface area contributed by atoms with E-state index in [0.29, 0.717) is 47.8 Å². The number of pyridine rings is 1. The maximum absolute atomic E-state index is 13.4. The van der Waals surface area contributed by atoms with Crippen molar-refractivity contribution in [1.82, 2.24) is 9.88 Å². The highest BCUT2D eigenvalue weighted by molar-refractivity contribution is 7.98. The molecule has 11 heteroatoms. The summed E-state index contributed by atoms with van der Waals surface area (Å²) in [6.45, 7) is 2.92. The van der Waals surface area contributed by atoms with Crippen LogP contribution >= 0.6 is 24.0 Å². The zero-order valence-corrected chi connectivity index (χ0v) is 27.0. The molecule has 0 aliphatic carbocycles. The molecule has 0 spiro atoms. The van der Waals surface area contributed by atoms with Crippen LogP contribution in [0.3, 0.4) is 0 Å². The molecule has 1 amide bonds. The fraction of sp³-hybridized carbons (Fsp3) is 0.286. The van der Waals surface area contributed by atoms with E-state index in [0.717, 1.165) is 47.2 Å². The summed E-state index contributed by atoms with van der Waals surface area (Å²) in [5, 5.41) is 10.1. The van der Waals surface area contributed by atoms with Crippen molar-refractivity contribution in [2.45, 2.75) is 29.9 Å². The number of carbonyl (C=O) groups excluding carboxylic acids is 1. The van der Waals surface area contributed by atoms with Crippen LogP contribution in [0.5, 0.6) is 11.5 Å². The first-order valence-electron chi connectivity index (χ1n) is 15.4. The molecule has 3 atom stereocenters. The monoisotopic (exact) mass is 653 g/mol. The van der Waals surface area contributed by atoms with Crippen molar-refractivity contribution in [3.63, 3.8) is 0 Å². The van der Waals surface area contributed by atoms with Gasteiger partial charge in [-0.15, -0.1) is 11.8 Å². The summed E-state index contributed by atoms with van der Waals surface area (Å²) in [6, 6.07) is 26.8. The molecule has 0 saturated carbocycles. The SMILES string of the molecule is CSc1cccc(NC(=S)Nc2cc(C(=O)NC[C@@H]3COc4ccccc4O3)ccc2N2C[C@H]3C[C@@H](C2)c2cccc(=O)n2C3)c1.